The zero-order valence-corrected chi connectivity index (χ0v) is 23.0. The number of nitrogens with one attached hydrogen (secondary N) is 2. The van der Waals surface area contributed by atoms with Crippen LogP contribution >= 0.6 is 0 Å². The summed E-state index contributed by atoms with van der Waals surface area (Å²) in [7, 11) is 1.62. The third-order valence-corrected chi connectivity index (χ3v) is 7.71. The fraction of sp³-hybridized carbons (Fsp3) is 0.433. The Kier molecular flexibility index (Phi) is 7.18. The second kappa shape index (κ2) is 10.8. The highest BCUT2D eigenvalue weighted by atomic mass is 16.7. The van der Waals surface area contributed by atoms with Crippen LogP contribution in [0.5, 0.6) is 0 Å². The lowest BCUT2D eigenvalue weighted by molar-refractivity contribution is -0.175. The minimum Gasteiger partial charge on any atom is -0.475 e. The van der Waals surface area contributed by atoms with E-state index in [-0.39, 0.29) is 18.2 Å². The Morgan fingerprint density at radius 1 is 1.10 bits per heavy atom. The van der Waals surface area contributed by atoms with Crippen molar-refractivity contribution in [2.24, 2.45) is 4.99 Å². The van der Waals surface area contributed by atoms with Gasteiger partial charge in [-0.2, -0.15) is 0 Å². The van der Waals surface area contributed by atoms with Crippen LogP contribution in [0.4, 0.5) is 17.3 Å². The van der Waals surface area contributed by atoms with E-state index in [1.807, 2.05) is 62.4 Å². The molecule has 40 heavy (non-hydrogen) atoms. The molecule has 1 aromatic carbocycles. The summed E-state index contributed by atoms with van der Waals surface area (Å²) in [5, 5.41) is 17.1. The number of hydrogen-bond donors (Lipinski definition) is 3. The maximum Gasteiger partial charge on any atom is 0.220 e. The Bertz CT molecular complexity index is 1390. The number of nitrogens with zero attached hydrogens (tertiary/aromatic N) is 3. The number of rotatable bonds is 8. The Hall–Kier alpha value is -3.57. The van der Waals surface area contributed by atoms with Gasteiger partial charge in [0.05, 0.1) is 29.6 Å². The van der Waals surface area contributed by atoms with Crippen molar-refractivity contribution in [2.45, 2.75) is 50.2 Å². The van der Waals surface area contributed by atoms with Crippen molar-refractivity contribution < 1.29 is 24.1 Å². The summed E-state index contributed by atoms with van der Waals surface area (Å²) in [5.74, 6) is 1.77. The lowest BCUT2D eigenvalue weighted by Gasteiger charge is -2.28. The van der Waals surface area contributed by atoms with E-state index in [0.717, 1.165) is 40.9 Å². The number of aliphatic hydroxyl groups excluding tert-OH is 1. The van der Waals surface area contributed by atoms with Gasteiger partial charge in [-0.3, -0.25) is 0 Å². The fourth-order valence-electron chi connectivity index (χ4n) is 5.45. The molecule has 0 saturated carbocycles. The molecule has 6 rings (SSSR count). The van der Waals surface area contributed by atoms with E-state index in [0.29, 0.717) is 37.4 Å². The predicted molar refractivity (Wildman–Crippen MR) is 151 cm³/mol. The smallest absolute Gasteiger partial charge is 0.220 e. The maximum absolute atomic E-state index is 10.3. The molecule has 1 unspecified atom stereocenters. The molecule has 3 aromatic rings. The molecule has 10 heteroatoms. The zero-order chi connectivity index (χ0) is 27.7. The average molecular weight is 546 g/mol. The number of aliphatic imine (C=N–C) groups is 1. The maximum atomic E-state index is 10.3. The van der Waals surface area contributed by atoms with Gasteiger partial charge in [-0.05, 0) is 44.4 Å². The summed E-state index contributed by atoms with van der Waals surface area (Å²) in [6.45, 7) is 5.73. The van der Waals surface area contributed by atoms with Crippen LogP contribution in [0.3, 0.4) is 0 Å². The quantitative estimate of drug-likeness (QED) is 0.373. The molecule has 1 fully saturated rings. The highest BCUT2D eigenvalue weighted by Crippen LogP contribution is 2.43. The molecule has 5 heterocycles. The zero-order valence-electron chi connectivity index (χ0n) is 23.0. The Labute approximate surface area is 233 Å². The number of fused-ring (bicyclic) bond motifs is 1. The third kappa shape index (κ3) is 5.15. The van der Waals surface area contributed by atoms with Gasteiger partial charge in [-0.1, -0.05) is 30.3 Å². The Balaban J connectivity index is 1.33. The second-order valence-corrected chi connectivity index (χ2v) is 10.9. The molecule has 0 aliphatic carbocycles. The summed E-state index contributed by atoms with van der Waals surface area (Å²) in [6.07, 6.45) is 2.95. The van der Waals surface area contributed by atoms with Gasteiger partial charge in [0, 0.05) is 38.2 Å². The number of hydrogen-bond acceptors (Lipinski definition) is 10. The molecule has 1 saturated heterocycles. The molecule has 0 radical (unpaired) electrons. The van der Waals surface area contributed by atoms with E-state index in [1.165, 1.54) is 0 Å². The van der Waals surface area contributed by atoms with Gasteiger partial charge in [0.15, 0.2) is 6.29 Å². The number of pyridine rings is 2. The molecule has 0 amide bonds. The van der Waals surface area contributed by atoms with Gasteiger partial charge in [0.2, 0.25) is 5.90 Å². The van der Waals surface area contributed by atoms with Crippen molar-refractivity contribution >= 4 is 23.2 Å². The first-order valence-electron chi connectivity index (χ1n) is 13.6. The first-order valence-corrected chi connectivity index (χ1v) is 13.6. The molecular formula is C30H35N5O5. The number of benzene rings is 1. The van der Waals surface area contributed by atoms with E-state index >= 15 is 0 Å². The Morgan fingerprint density at radius 3 is 2.65 bits per heavy atom. The summed E-state index contributed by atoms with van der Waals surface area (Å²) >= 11 is 0. The van der Waals surface area contributed by atoms with Gasteiger partial charge < -0.3 is 34.7 Å². The lowest BCUT2D eigenvalue weighted by Crippen LogP contribution is -2.35. The van der Waals surface area contributed by atoms with Crippen molar-refractivity contribution in [2.75, 3.05) is 44.2 Å². The molecule has 2 atom stereocenters. The van der Waals surface area contributed by atoms with Crippen LogP contribution in [-0.4, -0.2) is 60.0 Å². The van der Waals surface area contributed by atoms with E-state index in [9.17, 15) is 5.11 Å². The van der Waals surface area contributed by atoms with Gasteiger partial charge in [0.1, 0.15) is 29.4 Å². The predicted octanol–water partition coefficient (Wildman–Crippen LogP) is 4.60. The topological polar surface area (TPSA) is 119 Å². The summed E-state index contributed by atoms with van der Waals surface area (Å²) in [6, 6.07) is 15.3. The van der Waals surface area contributed by atoms with Crippen LogP contribution < -0.4 is 10.6 Å². The standard InChI is InChI=1S/C30H35N5O5/c1-29(2)26-20(28(37-3)40-29)9-10-24(34-26)33-25-15-22(32-23(17-36)19-7-5-4-6-8-19)21(16-31-25)27-35-30(18-39-27)11-13-38-14-12-30/h4-10,15-16,23,28,36H,11-14,17-18H2,1-3H3,(H2,31,32,33,34)/t23-,28?/m1/s1. The van der Waals surface area contributed by atoms with Gasteiger partial charge in [-0.25, -0.2) is 15.0 Å². The number of methoxy groups -OCH3 is 1. The number of aromatic nitrogens is 2. The summed E-state index contributed by atoms with van der Waals surface area (Å²) < 4.78 is 23.2. The van der Waals surface area contributed by atoms with Crippen molar-refractivity contribution in [3.8, 4) is 0 Å². The van der Waals surface area contributed by atoms with Crippen LogP contribution in [0.2, 0.25) is 0 Å². The fourth-order valence-corrected chi connectivity index (χ4v) is 5.45. The molecule has 210 valence electrons. The number of anilines is 3. The number of aliphatic hydroxyl groups is 1. The lowest BCUT2D eigenvalue weighted by atomic mass is 9.92. The molecule has 3 N–H and O–H groups in total. The summed E-state index contributed by atoms with van der Waals surface area (Å²) in [5.41, 5.74) is 3.33. The molecule has 3 aliphatic rings. The highest BCUT2D eigenvalue weighted by Gasteiger charge is 2.40. The molecule has 0 bridgehead atoms. The van der Waals surface area contributed by atoms with Crippen molar-refractivity contribution in [3.05, 3.63) is 77.1 Å². The molecular weight excluding hydrogens is 510 g/mol. The van der Waals surface area contributed by atoms with Crippen molar-refractivity contribution in [1.29, 1.82) is 0 Å². The first-order chi connectivity index (χ1) is 19.4. The number of ether oxygens (including phenoxy) is 4. The minimum atomic E-state index is -0.584. The van der Waals surface area contributed by atoms with E-state index in [4.69, 9.17) is 28.9 Å². The van der Waals surface area contributed by atoms with Gasteiger partial charge >= 0.3 is 0 Å². The Morgan fingerprint density at radius 2 is 1.90 bits per heavy atom. The average Bonchev–Trinajstić information content (AvgIpc) is 3.49. The van der Waals surface area contributed by atoms with Crippen LogP contribution in [-0.2, 0) is 24.5 Å². The van der Waals surface area contributed by atoms with Crippen molar-refractivity contribution in [3.63, 3.8) is 0 Å². The highest BCUT2D eigenvalue weighted by molar-refractivity contribution is 6.01. The van der Waals surface area contributed by atoms with Crippen LogP contribution in [0.25, 0.3) is 0 Å². The minimum absolute atomic E-state index is 0.0920. The molecule has 2 aromatic heterocycles. The molecule has 1 spiro atoms. The second-order valence-electron chi connectivity index (χ2n) is 10.9. The largest absolute Gasteiger partial charge is 0.475 e. The molecule has 3 aliphatic heterocycles. The monoisotopic (exact) mass is 545 g/mol. The van der Waals surface area contributed by atoms with E-state index in [2.05, 4.69) is 15.6 Å². The first kappa shape index (κ1) is 26.6. The van der Waals surface area contributed by atoms with E-state index in [1.54, 1.807) is 13.3 Å². The van der Waals surface area contributed by atoms with Gasteiger partial charge in [0.25, 0.3) is 0 Å². The molecule has 10 nitrogen and oxygen atoms in total. The van der Waals surface area contributed by atoms with E-state index < -0.39 is 11.9 Å². The van der Waals surface area contributed by atoms with Crippen LogP contribution in [0.1, 0.15) is 61.4 Å². The van der Waals surface area contributed by atoms with Crippen LogP contribution in [0.15, 0.2) is 59.7 Å². The van der Waals surface area contributed by atoms with Crippen LogP contribution in [0, 0.1) is 0 Å². The van der Waals surface area contributed by atoms with Crippen molar-refractivity contribution in [1.82, 2.24) is 9.97 Å². The van der Waals surface area contributed by atoms with Gasteiger partial charge in [-0.15, -0.1) is 0 Å². The third-order valence-electron chi connectivity index (χ3n) is 7.71. The normalized spacial score (nSPS) is 21.4. The summed E-state index contributed by atoms with van der Waals surface area (Å²) in [4.78, 5) is 14.5. The SMILES string of the molecule is COC1OC(C)(C)c2nc(Nc3cc(N[C@H](CO)c4ccccc4)c(C4=NC5(CCOCC5)CO4)cn3)ccc21.